The molecule has 0 saturated heterocycles. The third kappa shape index (κ3) is 3.11. The number of aromatic nitrogens is 4. The lowest BCUT2D eigenvalue weighted by Gasteiger charge is -2.10. The number of aliphatic carboxylic acids is 1. The first kappa shape index (κ1) is 14.4. The molecule has 0 aliphatic rings. The smallest absolute Gasteiger partial charge is 0.326 e. The zero-order chi connectivity index (χ0) is 15.6. The Morgan fingerprint density at radius 2 is 2.19 bits per heavy atom. The number of amides is 2. The molecule has 0 aliphatic heterocycles. The molecular formula is C11H12N6O4. The number of carbonyl (C=O) groups excluding carboxylic acids is 2. The molecular weight excluding hydrogens is 280 g/mol. The van der Waals surface area contributed by atoms with Gasteiger partial charge in [0.2, 0.25) is 11.7 Å². The number of rotatable bonds is 5. The quantitative estimate of drug-likeness (QED) is 0.605. The Balaban J connectivity index is 2.23. The van der Waals surface area contributed by atoms with E-state index in [1.54, 1.807) is 13.0 Å². The van der Waals surface area contributed by atoms with Crippen molar-refractivity contribution in [3.8, 4) is 0 Å². The van der Waals surface area contributed by atoms with Gasteiger partial charge in [-0.1, -0.05) is 0 Å². The lowest BCUT2D eigenvalue weighted by molar-refractivity contribution is -0.140. The lowest BCUT2D eigenvalue weighted by atomic mass is 10.2. The van der Waals surface area contributed by atoms with Gasteiger partial charge in [0.05, 0.1) is 6.42 Å². The molecule has 110 valence electrons. The molecule has 4 N–H and O–H groups in total. The standard InChI is InChI=1S/C11H12N6O4/c1-5-2-3-13-11-15-8(16-17(5)11)9(19)14-6(10(20)21)4-7(12)18/h2-3,6H,4H2,1H3,(H2,12,18)(H,14,19)(H,20,21)/t6-/m1/s1. The molecule has 10 heteroatoms. The third-order valence-corrected chi connectivity index (χ3v) is 2.64. The summed E-state index contributed by atoms with van der Waals surface area (Å²) in [5.41, 5.74) is 5.63. The Labute approximate surface area is 118 Å². The molecule has 0 saturated carbocycles. The second kappa shape index (κ2) is 5.53. The van der Waals surface area contributed by atoms with Gasteiger partial charge in [-0.25, -0.2) is 14.3 Å². The average Bonchev–Trinajstić information content (AvgIpc) is 2.82. The first-order valence-electron chi connectivity index (χ1n) is 5.89. The van der Waals surface area contributed by atoms with E-state index in [0.717, 1.165) is 0 Å². The first-order chi connectivity index (χ1) is 9.88. The summed E-state index contributed by atoms with van der Waals surface area (Å²) in [5, 5.41) is 15.0. The molecule has 2 rings (SSSR count). The molecule has 0 aromatic carbocycles. The topological polar surface area (TPSA) is 153 Å². The maximum atomic E-state index is 11.9. The number of carboxylic acid groups (broad SMARTS) is 1. The second-order valence-corrected chi connectivity index (χ2v) is 4.27. The van der Waals surface area contributed by atoms with Crippen LogP contribution in [0.2, 0.25) is 0 Å². The van der Waals surface area contributed by atoms with Crippen LogP contribution in [0.25, 0.3) is 5.78 Å². The predicted octanol–water partition coefficient (Wildman–Crippen LogP) is -1.51. The molecule has 0 bridgehead atoms. The van der Waals surface area contributed by atoms with Gasteiger partial charge in [0.1, 0.15) is 6.04 Å². The highest BCUT2D eigenvalue weighted by Crippen LogP contribution is 2.02. The van der Waals surface area contributed by atoms with E-state index in [-0.39, 0.29) is 11.6 Å². The van der Waals surface area contributed by atoms with Gasteiger partial charge >= 0.3 is 5.97 Å². The molecule has 0 aliphatic carbocycles. The van der Waals surface area contributed by atoms with E-state index in [1.807, 2.05) is 0 Å². The van der Waals surface area contributed by atoms with Crippen LogP contribution in [0.5, 0.6) is 0 Å². The Kier molecular flexibility index (Phi) is 3.78. The van der Waals surface area contributed by atoms with Crippen molar-refractivity contribution < 1.29 is 19.5 Å². The van der Waals surface area contributed by atoms with Crippen LogP contribution in [0.4, 0.5) is 0 Å². The molecule has 0 fully saturated rings. The van der Waals surface area contributed by atoms with Gasteiger partial charge < -0.3 is 16.2 Å². The Hall–Kier alpha value is -3.04. The number of hydrogen-bond acceptors (Lipinski definition) is 6. The van der Waals surface area contributed by atoms with Crippen LogP contribution >= 0.6 is 0 Å². The Morgan fingerprint density at radius 3 is 2.76 bits per heavy atom. The summed E-state index contributed by atoms with van der Waals surface area (Å²) in [6.07, 6.45) is 0.986. The number of nitrogens with one attached hydrogen (secondary N) is 1. The Bertz CT molecular complexity index is 725. The van der Waals surface area contributed by atoms with E-state index in [2.05, 4.69) is 20.4 Å². The molecule has 0 spiro atoms. The van der Waals surface area contributed by atoms with Crippen molar-refractivity contribution in [2.45, 2.75) is 19.4 Å². The van der Waals surface area contributed by atoms with E-state index in [4.69, 9.17) is 10.8 Å². The van der Waals surface area contributed by atoms with E-state index < -0.39 is 30.2 Å². The number of nitrogens with two attached hydrogens (primary N) is 1. The van der Waals surface area contributed by atoms with Crippen molar-refractivity contribution in [2.75, 3.05) is 0 Å². The minimum atomic E-state index is -1.43. The number of carboxylic acids is 1. The van der Waals surface area contributed by atoms with Crippen LogP contribution in [0, 0.1) is 6.92 Å². The Morgan fingerprint density at radius 1 is 1.48 bits per heavy atom. The summed E-state index contributed by atoms with van der Waals surface area (Å²) in [6.45, 7) is 1.75. The number of primary amides is 1. The SMILES string of the molecule is Cc1ccnc2nc(C(=O)N[C@H](CC(N)=O)C(=O)O)nn12. The molecule has 2 aromatic heterocycles. The second-order valence-electron chi connectivity index (χ2n) is 4.27. The molecule has 0 unspecified atom stereocenters. The zero-order valence-corrected chi connectivity index (χ0v) is 11.0. The fraction of sp³-hybridized carbons (Fsp3) is 0.273. The zero-order valence-electron chi connectivity index (χ0n) is 11.0. The predicted molar refractivity (Wildman–Crippen MR) is 68.2 cm³/mol. The van der Waals surface area contributed by atoms with Gasteiger partial charge in [-0.2, -0.15) is 4.98 Å². The van der Waals surface area contributed by atoms with Gasteiger partial charge in [-0.15, -0.1) is 5.10 Å². The van der Waals surface area contributed by atoms with Crippen molar-refractivity contribution in [3.63, 3.8) is 0 Å². The molecule has 21 heavy (non-hydrogen) atoms. The van der Waals surface area contributed by atoms with Crippen molar-refractivity contribution in [2.24, 2.45) is 5.73 Å². The van der Waals surface area contributed by atoms with Crippen molar-refractivity contribution in [1.29, 1.82) is 0 Å². The molecule has 0 radical (unpaired) electrons. The summed E-state index contributed by atoms with van der Waals surface area (Å²) in [6, 6.07) is 0.243. The summed E-state index contributed by atoms with van der Waals surface area (Å²) >= 11 is 0. The highest BCUT2D eigenvalue weighted by molar-refractivity contribution is 5.95. The maximum Gasteiger partial charge on any atom is 0.326 e. The summed E-state index contributed by atoms with van der Waals surface area (Å²) in [5.74, 6) is -3.08. The van der Waals surface area contributed by atoms with Gasteiger partial charge in [-0.05, 0) is 13.0 Å². The van der Waals surface area contributed by atoms with Gasteiger partial charge in [0.15, 0.2) is 0 Å². The molecule has 10 nitrogen and oxygen atoms in total. The minimum absolute atomic E-state index is 0.210. The van der Waals surface area contributed by atoms with Crippen LogP contribution in [0.15, 0.2) is 12.3 Å². The van der Waals surface area contributed by atoms with E-state index in [0.29, 0.717) is 5.69 Å². The summed E-state index contributed by atoms with van der Waals surface area (Å²) in [4.78, 5) is 41.5. The van der Waals surface area contributed by atoms with Crippen LogP contribution in [0.3, 0.4) is 0 Å². The van der Waals surface area contributed by atoms with Crippen LogP contribution < -0.4 is 11.1 Å². The lowest BCUT2D eigenvalue weighted by Crippen LogP contribution is -2.43. The first-order valence-corrected chi connectivity index (χ1v) is 5.89. The average molecular weight is 292 g/mol. The monoisotopic (exact) mass is 292 g/mol. The van der Waals surface area contributed by atoms with Crippen LogP contribution in [-0.2, 0) is 9.59 Å². The molecule has 2 aromatic rings. The van der Waals surface area contributed by atoms with Gasteiger partial charge in [0, 0.05) is 11.9 Å². The highest BCUT2D eigenvalue weighted by atomic mass is 16.4. The van der Waals surface area contributed by atoms with E-state index in [9.17, 15) is 14.4 Å². The molecule has 2 amide bonds. The fourth-order valence-corrected chi connectivity index (χ4v) is 1.63. The molecule has 2 heterocycles. The minimum Gasteiger partial charge on any atom is -0.480 e. The third-order valence-electron chi connectivity index (χ3n) is 2.64. The highest BCUT2D eigenvalue weighted by Gasteiger charge is 2.25. The summed E-state index contributed by atoms with van der Waals surface area (Å²) < 4.78 is 1.35. The van der Waals surface area contributed by atoms with Crippen molar-refractivity contribution in [1.82, 2.24) is 24.9 Å². The van der Waals surface area contributed by atoms with Crippen molar-refractivity contribution >= 4 is 23.6 Å². The van der Waals surface area contributed by atoms with Crippen molar-refractivity contribution in [3.05, 3.63) is 23.8 Å². The number of hydrogen-bond donors (Lipinski definition) is 3. The number of carbonyl (C=O) groups is 3. The van der Waals surface area contributed by atoms with E-state index in [1.165, 1.54) is 10.7 Å². The van der Waals surface area contributed by atoms with Gasteiger partial charge in [0.25, 0.3) is 11.7 Å². The summed E-state index contributed by atoms with van der Waals surface area (Å²) in [7, 11) is 0. The fourth-order valence-electron chi connectivity index (χ4n) is 1.63. The number of fused-ring (bicyclic) bond motifs is 1. The normalized spacial score (nSPS) is 12.0. The number of aryl methyl sites for hydroxylation is 1. The van der Waals surface area contributed by atoms with Crippen LogP contribution in [-0.4, -0.2) is 48.5 Å². The maximum absolute atomic E-state index is 11.9. The molecule has 1 atom stereocenters. The number of nitrogens with zero attached hydrogens (tertiary/aromatic N) is 4. The van der Waals surface area contributed by atoms with Gasteiger partial charge in [-0.3, -0.25) is 9.59 Å². The van der Waals surface area contributed by atoms with E-state index >= 15 is 0 Å². The van der Waals surface area contributed by atoms with Crippen LogP contribution in [0.1, 0.15) is 22.7 Å². The largest absolute Gasteiger partial charge is 0.480 e.